The number of hydrogen-bond donors (Lipinski definition) is 1. The van der Waals surface area contributed by atoms with Crippen molar-refractivity contribution < 1.29 is 14.0 Å². The molecule has 1 fully saturated rings. The van der Waals surface area contributed by atoms with Gasteiger partial charge in [0.05, 0.1) is 21.4 Å². The zero-order valence-electron chi connectivity index (χ0n) is 19.3. The molecule has 36 heavy (non-hydrogen) atoms. The summed E-state index contributed by atoms with van der Waals surface area (Å²) in [7, 11) is 0. The molecule has 1 saturated heterocycles. The molecule has 0 radical (unpaired) electrons. The molecule has 0 atom stereocenters. The van der Waals surface area contributed by atoms with Crippen molar-refractivity contribution in [1.82, 2.24) is 4.90 Å². The zero-order valence-corrected chi connectivity index (χ0v) is 20.8. The average molecular weight is 520 g/mol. The van der Waals surface area contributed by atoms with Gasteiger partial charge in [0.25, 0.3) is 11.8 Å². The van der Waals surface area contributed by atoms with E-state index in [1.54, 1.807) is 30.3 Å². The first kappa shape index (κ1) is 24.0. The lowest BCUT2D eigenvalue weighted by molar-refractivity contribution is 0.0746. The maximum atomic E-state index is 13.0. The van der Waals surface area contributed by atoms with Gasteiger partial charge in [-0.3, -0.25) is 9.59 Å². The highest BCUT2D eigenvalue weighted by Crippen LogP contribution is 2.35. The molecular weight excluding hydrogens is 497 g/mol. The minimum atomic E-state index is -0.371. The van der Waals surface area contributed by atoms with Gasteiger partial charge in [0.1, 0.15) is 5.76 Å². The van der Waals surface area contributed by atoms with E-state index in [-0.39, 0.29) is 17.6 Å². The molecule has 1 aliphatic heterocycles. The number of carbonyl (C=O) groups is 2. The Morgan fingerprint density at radius 1 is 0.778 bits per heavy atom. The quantitative estimate of drug-likeness (QED) is 0.328. The maximum Gasteiger partial charge on any atom is 0.291 e. The molecule has 6 nitrogen and oxygen atoms in total. The summed E-state index contributed by atoms with van der Waals surface area (Å²) in [6.07, 6.45) is 0. The molecule has 8 heteroatoms. The number of benzene rings is 3. The van der Waals surface area contributed by atoms with Crippen molar-refractivity contribution in [2.24, 2.45) is 0 Å². The van der Waals surface area contributed by atoms with Crippen molar-refractivity contribution in [3.63, 3.8) is 0 Å². The van der Waals surface area contributed by atoms with Gasteiger partial charge in [-0.2, -0.15) is 0 Å². The summed E-state index contributed by atoms with van der Waals surface area (Å²) < 4.78 is 5.79. The lowest BCUT2D eigenvalue weighted by atomic mass is 10.1. The molecule has 1 aliphatic rings. The van der Waals surface area contributed by atoms with Gasteiger partial charge < -0.3 is 19.5 Å². The highest BCUT2D eigenvalue weighted by molar-refractivity contribution is 6.43. The second kappa shape index (κ2) is 10.5. The molecule has 0 bridgehead atoms. The first-order chi connectivity index (χ1) is 17.5. The lowest BCUT2D eigenvalue weighted by Crippen LogP contribution is -2.49. The molecule has 4 aromatic rings. The molecule has 3 aromatic carbocycles. The zero-order chi connectivity index (χ0) is 25.1. The van der Waals surface area contributed by atoms with Crippen molar-refractivity contribution in [2.45, 2.75) is 0 Å². The number of hydrogen-bond acceptors (Lipinski definition) is 4. The molecule has 0 unspecified atom stereocenters. The first-order valence-corrected chi connectivity index (χ1v) is 12.3. The van der Waals surface area contributed by atoms with Crippen LogP contribution in [0.5, 0.6) is 0 Å². The van der Waals surface area contributed by atoms with E-state index in [1.807, 2.05) is 59.5 Å². The van der Waals surface area contributed by atoms with Gasteiger partial charge >= 0.3 is 0 Å². The topological polar surface area (TPSA) is 65.8 Å². The standard InChI is InChI=1S/C28H23Cl2N3O3/c29-21-10-6-9-20(26(21)30)24-13-14-25(36-24)27(34)31-22-11-4-5-12-23(22)32-15-17-33(18-16-32)28(35)19-7-2-1-3-8-19/h1-14H,15-18H2,(H,31,34). The van der Waals surface area contributed by atoms with Crippen LogP contribution < -0.4 is 10.2 Å². The smallest absolute Gasteiger partial charge is 0.291 e. The Kier molecular flexibility index (Phi) is 6.98. The van der Waals surface area contributed by atoms with Crippen LogP contribution in [-0.2, 0) is 0 Å². The molecule has 0 spiro atoms. The van der Waals surface area contributed by atoms with E-state index in [4.69, 9.17) is 27.6 Å². The molecule has 0 saturated carbocycles. The number of anilines is 2. The summed E-state index contributed by atoms with van der Waals surface area (Å²) >= 11 is 12.4. The summed E-state index contributed by atoms with van der Waals surface area (Å²) in [6, 6.07) is 25.5. The Bertz CT molecular complexity index is 1400. The van der Waals surface area contributed by atoms with Crippen LogP contribution in [0.15, 0.2) is 89.3 Å². The van der Waals surface area contributed by atoms with E-state index in [1.165, 1.54) is 0 Å². The third kappa shape index (κ3) is 4.96. The highest BCUT2D eigenvalue weighted by Gasteiger charge is 2.24. The van der Waals surface area contributed by atoms with Crippen molar-refractivity contribution in [1.29, 1.82) is 0 Å². The van der Waals surface area contributed by atoms with Crippen molar-refractivity contribution in [2.75, 3.05) is 36.4 Å². The molecule has 5 rings (SSSR count). The van der Waals surface area contributed by atoms with E-state index < -0.39 is 0 Å². The number of furan rings is 1. The predicted octanol–water partition coefficient (Wildman–Crippen LogP) is 6.47. The lowest BCUT2D eigenvalue weighted by Gasteiger charge is -2.37. The van der Waals surface area contributed by atoms with Crippen LogP contribution >= 0.6 is 23.2 Å². The molecule has 2 amide bonds. The minimum Gasteiger partial charge on any atom is -0.451 e. The van der Waals surface area contributed by atoms with Gasteiger partial charge in [-0.1, -0.05) is 59.6 Å². The maximum absolute atomic E-state index is 13.0. The molecule has 2 heterocycles. The van der Waals surface area contributed by atoms with Crippen molar-refractivity contribution in [3.05, 3.63) is 106 Å². The minimum absolute atomic E-state index is 0.0327. The molecule has 182 valence electrons. The number of amides is 2. The summed E-state index contributed by atoms with van der Waals surface area (Å²) in [5, 5.41) is 3.74. The van der Waals surface area contributed by atoms with Crippen LogP contribution in [-0.4, -0.2) is 42.9 Å². The Morgan fingerprint density at radius 3 is 2.28 bits per heavy atom. The fraction of sp³-hybridized carbons (Fsp3) is 0.143. The second-order valence-corrected chi connectivity index (χ2v) is 9.17. The average Bonchev–Trinajstić information content (AvgIpc) is 3.41. The van der Waals surface area contributed by atoms with Crippen molar-refractivity contribution >= 4 is 46.4 Å². The van der Waals surface area contributed by atoms with Crippen molar-refractivity contribution in [3.8, 4) is 11.3 Å². The van der Waals surface area contributed by atoms with Crippen LogP contribution in [0.2, 0.25) is 10.0 Å². The SMILES string of the molecule is O=C(Nc1ccccc1N1CCN(C(=O)c2ccccc2)CC1)c1ccc(-c2cccc(Cl)c2Cl)o1. The summed E-state index contributed by atoms with van der Waals surface area (Å²) in [6.45, 7) is 2.50. The predicted molar refractivity (Wildman–Crippen MR) is 143 cm³/mol. The number of para-hydroxylation sites is 2. The molecule has 0 aliphatic carbocycles. The Morgan fingerprint density at radius 2 is 1.50 bits per heavy atom. The van der Waals surface area contributed by atoms with E-state index in [9.17, 15) is 9.59 Å². The van der Waals surface area contributed by atoms with Gasteiger partial charge in [-0.25, -0.2) is 0 Å². The second-order valence-electron chi connectivity index (χ2n) is 8.38. The van der Waals surface area contributed by atoms with Crippen LogP contribution in [0.25, 0.3) is 11.3 Å². The van der Waals surface area contributed by atoms with Gasteiger partial charge in [-0.15, -0.1) is 0 Å². The van der Waals surface area contributed by atoms with Gasteiger partial charge in [0.2, 0.25) is 0 Å². The third-order valence-electron chi connectivity index (χ3n) is 6.13. The van der Waals surface area contributed by atoms with E-state index in [2.05, 4.69) is 10.2 Å². The summed E-state index contributed by atoms with van der Waals surface area (Å²) in [5.41, 5.74) is 2.87. The number of nitrogens with one attached hydrogen (secondary N) is 1. The Hall–Kier alpha value is -3.74. The van der Waals surface area contributed by atoms with Gasteiger partial charge in [0.15, 0.2) is 5.76 Å². The number of carbonyl (C=O) groups excluding carboxylic acids is 2. The fourth-order valence-corrected chi connectivity index (χ4v) is 4.65. The third-order valence-corrected chi connectivity index (χ3v) is 6.95. The Labute approximate surface area is 219 Å². The number of halogens is 2. The number of piperazine rings is 1. The molecular formula is C28H23Cl2N3O3. The van der Waals surface area contributed by atoms with Crippen LogP contribution in [0.3, 0.4) is 0 Å². The highest BCUT2D eigenvalue weighted by atomic mass is 35.5. The first-order valence-electron chi connectivity index (χ1n) is 11.5. The van der Waals surface area contributed by atoms with E-state index in [0.29, 0.717) is 58.8 Å². The van der Waals surface area contributed by atoms with E-state index in [0.717, 1.165) is 5.69 Å². The van der Waals surface area contributed by atoms with Crippen LogP contribution in [0, 0.1) is 0 Å². The molecule has 1 N–H and O–H groups in total. The summed E-state index contributed by atoms with van der Waals surface area (Å²) in [4.78, 5) is 29.8. The monoisotopic (exact) mass is 519 g/mol. The normalized spacial score (nSPS) is 13.5. The Balaban J connectivity index is 1.27. The number of nitrogens with zero attached hydrogens (tertiary/aromatic N) is 2. The van der Waals surface area contributed by atoms with Gasteiger partial charge in [-0.05, 0) is 48.5 Å². The summed E-state index contributed by atoms with van der Waals surface area (Å²) in [5.74, 6) is 0.282. The van der Waals surface area contributed by atoms with Crippen LogP contribution in [0.1, 0.15) is 20.9 Å². The molecule has 1 aromatic heterocycles. The largest absolute Gasteiger partial charge is 0.451 e. The van der Waals surface area contributed by atoms with Gasteiger partial charge in [0, 0.05) is 37.3 Å². The van der Waals surface area contributed by atoms with E-state index >= 15 is 0 Å². The fourth-order valence-electron chi connectivity index (χ4n) is 4.25. The number of rotatable bonds is 5. The van der Waals surface area contributed by atoms with Crippen LogP contribution in [0.4, 0.5) is 11.4 Å².